The van der Waals surface area contributed by atoms with E-state index in [1.807, 2.05) is 0 Å². The molecule has 2 aliphatic carbocycles. The van der Waals surface area contributed by atoms with Gasteiger partial charge in [0.15, 0.2) is 0 Å². The van der Waals surface area contributed by atoms with Crippen molar-refractivity contribution in [3.05, 3.63) is 0 Å². The summed E-state index contributed by atoms with van der Waals surface area (Å²) in [6.45, 7) is 2.86. The lowest BCUT2D eigenvalue weighted by atomic mass is 9.71. The maximum Gasteiger partial charge on any atom is 0.0662 e. The normalized spacial score (nSPS) is 32.3. The van der Waals surface area contributed by atoms with Gasteiger partial charge in [-0.1, -0.05) is 51.9 Å². The fourth-order valence-electron chi connectivity index (χ4n) is 3.97. The largest absolute Gasteiger partial charge is 0.392 e. The van der Waals surface area contributed by atoms with Gasteiger partial charge in [0.1, 0.15) is 0 Å². The summed E-state index contributed by atoms with van der Waals surface area (Å²) in [5.74, 6) is 1.86. The second kappa shape index (κ2) is 7.49. The minimum absolute atomic E-state index is 0.154. The van der Waals surface area contributed by atoms with Gasteiger partial charge in [-0.25, -0.2) is 0 Å². The van der Waals surface area contributed by atoms with Crippen molar-refractivity contribution in [1.82, 2.24) is 5.32 Å². The third-order valence-electron chi connectivity index (χ3n) is 5.16. The Morgan fingerprint density at radius 1 is 1.00 bits per heavy atom. The molecule has 2 saturated carbocycles. The van der Waals surface area contributed by atoms with Crippen LogP contribution in [-0.2, 0) is 0 Å². The van der Waals surface area contributed by atoms with Gasteiger partial charge in [-0.05, 0) is 31.1 Å². The van der Waals surface area contributed by atoms with E-state index in [-0.39, 0.29) is 6.10 Å². The number of hydrogen-bond donors (Lipinski definition) is 2. The van der Waals surface area contributed by atoms with Gasteiger partial charge >= 0.3 is 0 Å². The van der Waals surface area contributed by atoms with Crippen LogP contribution in [0.3, 0.4) is 0 Å². The molecule has 2 heteroatoms. The van der Waals surface area contributed by atoms with Crippen LogP contribution >= 0.6 is 0 Å². The molecule has 2 fully saturated rings. The SMILES string of the molecule is CCC(O)CNC1CCCCC1C1CCCCC1. The number of aliphatic hydroxyl groups is 1. The van der Waals surface area contributed by atoms with Gasteiger partial charge in [-0.15, -0.1) is 0 Å². The fraction of sp³-hybridized carbons (Fsp3) is 1.00. The van der Waals surface area contributed by atoms with Crippen LogP contribution in [0.25, 0.3) is 0 Å². The molecular weight excluding hydrogens is 222 g/mol. The first kappa shape index (κ1) is 14.3. The summed E-state index contributed by atoms with van der Waals surface area (Å²) >= 11 is 0. The molecule has 2 nitrogen and oxygen atoms in total. The minimum Gasteiger partial charge on any atom is -0.392 e. The first-order valence-corrected chi connectivity index (χ1v) is 8.22. The molecule has 0 aromatic rings. The molecular formula is C16H31NO. The predicted octanol–water partition coefficient (Wildman–Crippen LogP) is 3.49. The van der Waals surface area contributed by atoms with Crippen molar-refractivity contribution in [2.75, 3.05) is 6.54 Å². The second-order valence-electron chi connectivity index (χ2n) is 6.42. The van der Waals surface area contributed by atoms with Crippen LogP contribution in [0, 0.1) is 11.8 Å². The second-order valence-corrected chi connectivity index (χ2v) is 6.42. The Morgan fingerprint density at radius 2 is 1.67 bits per heavy atom. The Labute approximate surface area is 113 Å². The summed E-state index contributed by atoms with van der Waals surface area (Å²) in [5, 5.41) is 13.4. The topological polar surface area (TPSA) is 32.3 Å². The number of rotatable bonds is 5. The zero-order chi connectivity index (χ0) is 12.8. The predicted molar refractivity (Wildman–Crippen MR) is 76.6 cm³/mol. The highest BCUT2D eigenvalue weighted by molar-refractivity contribution is 4.87. The highest BCUT2D eigenvalue weighted by Crippen LogP contribution is 2.38. The Hall–Kier alpha value is -0.0800. The molecule has 106 valence electrons. The van der Waals surface area contributed by atoms with Crippen molar-refractivity contribution in [1.29, 1.82) is 0 Å². The van der Waals surface area contributed by atoms with Crippen molar-refractivity contribution in [3.63, 3.8) is 0 Å². The smallest absolute Gasteiger partial charge is 0.0662 e. The van der Waals surface area contributed by atoms with Gasteiger partial charge in [-0.3, -0.25) is 0 Å². The molecule has 0 aromatic carbocycles. The molecule has 0 bridgehead atoms. The standard InChI is InChI=1S/C16H31NO/c1-2-14(18)12-17-16-11-7-6-10-15(16)13-8-4-3-5-9-13/h13-18H,2-12H2,1H3. The Bertz CT molecular complexity index is 225. The zero-order valence-corrected chi connectivity index (χ0v) is 12.0. The van der Waals surface area contributed by atoms with Crippen LogP contribution in [0.4, 0.5) is 0 Å². The number of aliphatic hydroxyl groups excluding tert-OH is 1. The summed E-state index contributed by atoms with van der Waals surface area (Å²) in [4.78, 5) is 0. The van der Waals surface area contributed by atoms with Crippen molar-refractivity contribution in [3.8, 4) is 0 Å². The van der Waals surface area contributed by atoms with Crippen molar-refractivity contribution in [2.45, 2.75) is 83.3 Å². The molecule has 0 radical (unpaired) electrons. The first-order valence-electron chi connectivity index (χ1n) is 8.22. The van der Waals surface area contributed by atoms with Crippen molar-refractivity contribution >= 4 is 0 Å². The molecule has 0 aliphatic heterocycles. The van der Waals surface area contributed by atoms with Gasteiger partial charge < -0.3 is 10.4 Å². The van der Waals surface area contributed by atoms with E-state index in [1.54, 1.807) is 0 Å². The van der Waals surface area contributed by atoms with Crippen LogP contribution in [0.2, 0.25) is 0 Å². The first-order chi connectivity index (χ1) is 8.81. The third kappa shape index (κ3) is 3.96. The van der Waals surface area contributed by atoms with E-state index in [1.165, 1.54) is 57.8 Å². The lowest BCUT2D eigenvalue weighted by Gasteiger charge is -2.39. The van der Waals surface area contributed by atoms with Crippen LogP contribution in [0.15, 0.2) is 0 Å². The molecule has 2 aliphatic rings. The van der Waals surface area contributed by atoms with Crippen LogP contribution < -0.4 is 5.32 Å². The quantitative estimate of drug-likeness (QED) is 0.786. The highest BCUT2D eigenvalue weighted by Gasteiger charge is 2.32. The average Bonchev–Trinajstić information content (AvgIpc) is 2.46. The molecule has 0 heterocycles. The highest BCUT2D eigenvalue weighted by atomic mass is 16.3. The zero-order valence-electron chi connectivity index (χ0n) is 12.0. The maximum absolute atomic E-state index is 9.72. The van der Waals surface area contributed by atoms with Crippen LogP contribution in [-0.4, -0.2) is 23.8 Å². The summed E-state index contributed by atoms with van der Waals surface area (Å²) in [6, 6.07) is 0.683. The Kier molecular flexibility index (Phi) is 5.97. The van der Waals surface area contributed by atoms with E-state index in [9.17, 15) is 5.11 Å². The molecule has 3 unspecified atom stereocenters. The molecule has 3 atom stereocenters. The average molecular weight is 253 g/mol. The van der Waals surface area contributed by atoms with Crippen molar-refractivity contribution in [2.24, 2.45) is 11.8 Å². The summed E-state index contributed by atoms with van der Waals surface area (Å²) in [6.07, 6.45) is 13.5. The molecule has 2 rings (SSSR count). The lowest BCUT2D eigenvalue weighted by Crippen LogP contribution is -2.45. The molecule has 0 saturated heterocycles. The minimum atomic E-state index is -0.154. The van der Waals surface area contributed by atoms with Gasteiger partial charge in [0, 0.05) is 12.6 Å². The van der Waals surface area contributed by atoms with Crippen LogP contribution in [0.1, 0.15) is 71.1 Å². The van der Waals surface area contributed by atoms with Gasteiger partial charge in [0.2, 0.25) is 0 Å². The fourth-order valence-corrected chi connectivity index (χ4v) is 3.97. The van der Waals surface area contributed by atoms with E-state index in [0.29, 0.717) is 6.04 Å². The molecule has 0 amide bonds. The van der Waals surface area contributed by atoms with Crippen LogP contribution in [0.5, 0.6) is 0 Å². The van der Waals surface area contributed by atoms with E-state index in [0.717, 1.165) is 24.8 Å². The van der Waals surface area contributed by atoms with Gasteiger partial charge in [0.25, 0.3) is 0 Å². The summed E-state index contributed by atoms with van der Waals surface area (Å²) in [5.41, 5.74) is 0. The van der Waals surface area contributed by atoms with E-state index < -0.39 is 0 Å². The summed E-state index contributed by atoms with van der Waals surface area (Å²) < 4.78 is 0. The lowest BCUT2D eigenvalue weighted by molar-refractivity contribution is 0.121. The molecule has 18 heavy (non-hydrogen) atoms. The van der Waals surface area contributed by atoms with E-state index >= 15 is 0 Å². The molecule has 2 N–H and O–H groups in total. The summed E-state index contributed by atoms with van der Waals surface area (Å²) in [7, 11) is 0. The molecule has 0 aromatic heterocycles. The molecule has 0 spiro atoms. The maximum atomic E-state index is 9.72. The van der Waals surface area contributed by atoms with E-state index in [4.69, 9.17) is 0 Å². The number of nitrogens with one attached hydrogen (secondary N) is 1. The van der Waals surface area contributed by atoms with Crippen molar-refractivity contribution < 1.29 is 5.11 Å². The Morgan fingerprint density at radius 3 is 2.39 bits per heavy atom. The van der Waals surface area contributed by atoms with Gasteiger partial charge in [-0.2, -0.15) is 0 Å². The number of hydrogen-bond acceptors (Lipinski definition) is 2. The van der Waals surface area contributed by atoms with E-state index in [2.05, 4.69) is 12.2 Å². The third-order valence-corrected chi connectivity index (χ3v) is 5.16. The van der Waals surface area contributed by atoms with Gasteiger partial charge in [0.05, 0.1) is 6.10 Å². The Balaban J connectivity index is 1.84. The monoisotopic (exact) mass is 253 g/mol.